The molecular weight excluding hydrogens is 435 g/mol. The third kappa shape index (κ3) is 5.36. The lowest BCUT2D eigenvalue weighted by Gasteiger charge is -2.29. The lowest BCUT2D eigenvalue weighted by molar-refractivity contribution is 0.211. The van der Waals surface area contributed by atoms with E-state index >= 15 is 0 Å². The Bertz CT molecular complexity index is 1110. The van der Waals surface area contributed by atoms with Crippen LogP contribution in [0.1, 0.15) is 19.3 Å². The molecule has 0 aliphatic carbocycles. The molecule has 0 atom stereocenters. The van der Waals surface area contributed by atoms with E-state index in [2.05, 4.69) is 25.5 Å². The molecule has 166 valence electrons. The van der Waals surface area contributed by atoms with Crippen LogP contribution in [0.2, 0.25) is 5.02 Å². The van der Waals surface area contributed by atoms with E-state index in [1.165, 1.54) is 24.8 Å². The van der Waals surface area contributed by atoms with Crippen LogP contribution in [0.3, 0.4) is 0 Å². The van der Waals surface area contributed by atoms with Crippen molar-refractivity contribution in [2.45, 2.75) is 19.3 Å². The van der Waals surface area contributed by atoms with E-state index in [0.717, 1.165) is 31.6 Å². The Morgan fingerprint density at radius 1 is 1.09 bits per heavy atom. The van der Waals surface area contributed by atoms with Gasteiger partial charge in [0.05, 0.1) is 11.9 Å². The lowest BCUT2D eigenvalue weighted by Crippen LogP contribution is -2.29. The smallest absolute Gasteiger partial charge is 0.408 e. The van der Waals surface area contributed by atoms with Gasteiger partial charge < -0.3 is 26.0 Å². The van der Waals surface area contributed by atoms with Crippen molar-refractivity contribution in [2.75, 3.05) is 28.6 Å². The van der Waals surface area contributed by atoms with Crippen LogP contribution >= 0.6 is 11.6 Å². The fourth-order valence-electron chi connectivity index (χ4n) is 3.46. The molecule has 4 N–H and O–H groups in total. The quantitative estimate of drug-likeness (QED) is 0.467. The second-order valence-electron chi connectivity index (χ2n) is 7.30. The van der Waals surface area contributed by atoms with Gasteiger partial charge in [0.1, 0.15) is 10.8 Å². The number of aromatic nitrogens is 2. The maximum absolute atomic E-state index is 13.1. The van der Waals surface area contributed by atoms with Crippen LogP contribution in [0.15, 0.2) is 48.7 Å². The molecule has 0 radical (unpaired) electrons. The molecule has 8 nitrogen and oxygen atoms in total. The summed E-state index contributed by atoms with van der Waals surface area (Å²) in [5, 5.41) is 6.35. The minimum absolute atomic E-state index is 0.221. The van der Waals surface area contributed by atoms with Crippen molar-refractivity contribution in [3.63, 3.8) is 0 Å². The van der Waals surface area contributed by atoms with E-state index in [1.54, 1.807) is 24.3 Å². The summed E-state index contributed by atoms with van der Waals surface area (Å²) in [5.74, 6) is 0.478. The Labute approximate surface area is 189 Å². The highest BCUT2D eigenvalue weighted by molar-refractivity contribution is 6.32. The molecule has 1 aromatic heterocycles. The summed E-state index contributed by atoms with van der Waals surface area (Å²) in [5.41, 5.74) is 7.30. The van der Waals surface area contributed by atoms with Gasteiger partial charge >= 0.3 is 6.09 Å². The Kier molecular flexibility index (Phi) is 6.55. The standard InChI is InChI=1S/C22H22ClFN6O2/c23-17-13-26-22(29-20(17)27-15-6-4-14(24)5-7-15)28-18-9-8-16(12-19(18)32-21(25)31)30-10-2-1-3-11-30/h4-9,12-13H,1-3,10-11H2,(H2,25,31)(H2,26,27,28,29). The molecule has 2 aromatic carbocycles. The van der Waals surface area contributed by atoms with Gasteiger partial charge in [-0.15, -0.1) is 0 Å². The highest BCUT2D eigenvalue weighted by atomic mass is 35.5. The molecule has 0 spiro atoms. The second-order valence-corrected chi connectivity index (χ2v) is 7.70. The summed E-state index contributed by atoms with van der Waals surface area (Å²) in [6.45, 7) is 1.89. The number of halogens is 2. The molecule has 0 bridgehead atoms. The molecule has 2 heterocycles. The molecule has 32 heavy (non-hydrogen) atoms. The fourth-order valence-corrected chi connectivity index (χ4v) is 3.60. The number of carbonyl (C=O) groups excluding carboxylic acids is 1. The fraction of sp³-hybridized carbons (Fsp3) is 0.227. The minimum atomic E-state index is -0.917. The van der Waals surface area contributed by atoms with Crippen LogP contribution in [0.5, 0.6) is 5.75 Å². The summed E-state index contributed by atoms with van der Waals surface area (Å²) < 4.78 is 18.4. The van der Waals surface area contributed by atoms with Crippen molar-refractivity contribution in [1.82, 2.24) is 9.97 Å². The molecule has 0 saturated carbocycles. The van der Waals surface area contributed by atoms with Crippen molar-refractivity contribution >= 4 is 46.5 Å². The monoisotopic (exact) mass is 456 g/mol. The van der Waals surface area contributed by atoms with Crippen LogP contribution in [0, 0.1) is 5.82 Å². The van der Waals surface area contributed by atoms with Gasteiger partial charge in [0.2, 0.25) is 5.95 Å². The third-order valence-corrected chi connectivity index (χ3v) is 5.27. The number of nitrogens with two attached hydrogens (primary N) is 1. The molecule has 3 aromatic rings. The Morgan fingerprint density at radius 2 is 1.84 bits per heavy atom. The normalized spacial score (nSPS) is 13.5. The number of nitrogens with zero attached hydrogens (tertiary/aromatic N) is 3. The van der Waals surface area contributed by atoms with E-state index < -0.39 is 6.09 Å². The van der Waals surface area contributed by atoms with Crippen LogP contribution in [0.4, 0.5) is 38.0 Å². The van der Waals surface area contributed by atoms with E-state index in [0.29, 0.717) is 17.2 Å². The highest BCUT2D eigenvalue weighted by Gasteiger charge is 2.16. The number of amides is 1. The first kappa shape index (κ1) is 21.6. The van der Waals surface area contributed by atoms with E-state index in [-0.39, 0.29) is 22.5 Å². The average molecular weight is 457 g/mol. The predicted molar refractivity (Wildman–Crippen MR) is 123 cm³/mol. The topological polar surface area (TPSA) is 105 Å². The molecular formula is C22H22ClFN6O2. The van der Waals surface area contributed by atoms with Crippen molar-refractivity contribution in [3.8, 4) is 5.75 Å². The molecule has 0 unspecified atom stereocenters. The molecule has 1 saturated heterocycles. The number of hydrogen-bond acceptors (Lipinski definition) is 7. The van der Waals surface area contributed by atoms with Crippen LogP contribution in [-0.2, 0) is 0 Å². The van der Waals surface area contributed by atoms with Gasteiger partial charge in [-0.05, 0) is 55.7 Å². The minimum Gasteiger partial charge on any atom is -0.408 e. The van der Waals surface area contributed by atoms with Crippen molar-refractivity contribution in [1.29, 1.82) is 0 Å². The van der Waals surface area contributed by atoms with Crippen molar-refractivity contribution in [3.05, 3.63) is 59.5 Å². The number of primary amides is 1. The van der Waals surface area contributed by atoms with Crippen LogP contribution < -0.4 is 26.0 Å². The summed E-state index contributed by atoms with van der Waals surface area (Å²) in [4.78, 5) is 22.3. The molecule has 1 aliphatic heterocycles. The number of piperidine rings is 1. The molecule has 10 heteroatoms. The van der Waals surface area contributed by atoms with E-state index in [4.69, 9.17) is 22.1 Å². The van der Waals surface area contributed by atoms with E-state index in [9.17, 15) is 9.18 Å². The van der Waals surface area contributed by atoms with E-state index in [1.807, 2.05) is 6.07 Å². The first-order valence-corrected chi connectivity index (χ1v) is 10.5. The Morgan fingerprint density at radius 3 is 2.56 bits per heavy atom. The molecule has 4 rings (SSSR count). The van der Waals surface area contributed by atoms with Crippen LogP contribution in [-0.4, -0.2) is 29.2 Å². The van der Waals surface area contributed by atoms with Crippen LogP contribution in [0.25, 0.3) is 0 Å². The number of nitrogens with one attached hydrogen (secondary N) is 2. The SMILES string of the molecule is NC(=O)Oc1cc(N2CCCCC2)ccc1Nc1ncc(Cl)c(Nc2ccc(F)cc2)n1. The zero-order valence-corrected chi connectivity index (χ0v) is 17.9. The number of rotatable bonds is 6. The van der Waals surface area contributed by atoms with Gasteiger partial charge in [0.25, 0.3) is 0 Å². The highest BCUT2D eigenvalue weighted by Crippen LogP contribution is 2.33. The summed E-state index contributed by atoms with van der Waals surface area (Å²) in [6.07, 6.45) is 3.96. The number of benzene rings is 2. The van der Waals surface area contributed by atoms with Gasteiger partial charge in [0, 0.05) is 30.5 Å². The zero-order valence-electron chi connectivity index (χ0n) is 17.1. The molecule has 1 aliphatic rings. The first-order chi connectivity index (χ1) is 15.5. The van der Waals surface area contributed by atoms with Crippen molar-refractivity contribution < 1.29 is 13.9 Å². The molecule has 1 amide bonds. The predicted octanol–water partition coefficient (Wildman–Crippen LogP) is 5.20. The summed E-state index contributed by atoms with van der Waals surface area (Å²) >= 11 is 6.21. The second kappa shape index (κ2) is 9.69. The number of anilines is 5. The number of hydrogen-bond donors (Lipinski definition) is 3. The lowest BCUT2D eigenvalue weighted by atomic mass is 10.1. The first-order valence-electron chi connectivity index (χ1n) is 10.2. The maximum atomic E-state index is 13.1. The number of ether oxygens (including phenoxy) is 1. The Balaban J connectivity index is 1.58. The van der Waals surface area contributed by atoms with Gasteiger partial charge in [-0.2, -0.15) is 4.98 Å². The number of carbonyl (C=O) groups is 1. The third-order valence-electron chi connectivity index (χ3n) is 4.99. The molecule has 1 fully saturated rings. The zero-order chi connectivity index (χ0) is 22.5. The largest absolute Gasteiger partial charge is 0.410 e. The van der Waals surface area contributed by atoms with Gasteiger partial charge in [-0.25, -0.2) is 14.2 Å². The van der Waals surface area contributed by atoms with Gasteiger partial charge in [-0.3, -0.25) is 0 Å². The van der Waals surface area contributed by atoms with Gasteiger partial charge in [-0.1, -0.05) is 11.6 Å². The summed E-state index contributed by atoms with van der Waals surface area (Å²) in [6, 6.07) is 11.3. The van der Waals surface area contributed by atoms with Crippen molar-refractivity contribution in [2.24, 2.45) is 5.73 Å². The maximum Gasteiger partial charge on any atom is 0.410 e. The Hall–Kier alpha value is -3.59. The average Bonchev–Trinajstić information content (AvgIpc) is 2.79. The summed E-state index contributed by atoms with van der Waals surface area (Å²) in [7, 11) is 0. The van der Waals surface area contributed by atoms with Gasteiger partial charge in [0.15, 0.2) is 11.6 Å².